The first-order valence-electron chi connectivity index (χ1n) is 16.1. The van der Waals surface area contributed by atoms with E-state index < -0.39 is 0 Å². The van der Waals surface area contributed by atoms with Gasteiger partial charge in [0.15, 0.2) is 5.82 Å². The smallest absolute Gasteiger partial charge is 0.159 e. The molecule has 0 radical (unpaired) electrons. The van der Waals surface area contributed by atoms with Crippen molar-refractivity contribution in [2.24, 2.45) is 5.92 Å². The van der Waals surface area contributed by atoms with E-state index in [0.717, 1.165) is 23.7 Å². The Hall–Kier alpha value is -1.70. The monoisotopic (exact) mass is 506 g/mol. The first-order chi connectivity index (χ1) is 18.2. The highest BCUT2D eigenvalue weighted by Gasteiger charge is 2.03. The van der Waals surface area contributed by atoms with Crippen molar-refractivity contribution < 1.29 is 0 Å². The lowest BCUT2D eigenvalue weighted by molar-refractivity contribution is 0.511. The Balaban J connectivity index is 1.52. The Labute approximate surface area is 230 Å². The summed E-state index contributed by atoms with van der Waals surface area (Å²) in [7, 11) is 0. The third-order valence-corrected chi connectivity index (χ3v) is 7.73. The number of aromatic nitrogens is 2. The molecule has 0 unspecified atom stereocenters. The van der Waals surface area contributed by atoms with E-state index in [-0.39, 0.29) is 0 Å². The number of hydrogen-bond donors (Lipinski definition) is 0. The van der Waals surface area contributed by atoms with E-state index in [1.807, 2.05) is 12.4 Å². The molecule has 0 spiro atoms. The van der Waals surface area contributed by atoms with Gasteiger partial charge in [0.1, 0.15) is 0 Å². The van der Waals surface area contributed by atoms with Crippen molar-refractivity contribution in [1.82, 2.24) is 9.97 Å². The van der Waals surface area contributed by atoms with Crippen molar-refractivity contribution in [2.75, 3.05) is 0 Å². The van der Waals surface area contributed by atoms with Gasteiger partial charge in [-0.05, 0) is 42.7 Å². The van der Waals surface area contributed by atoms with Gasteiger partial charge in [0.25, 0.3) is 0 Å². The Kier molecular flexibility index (Phi) is 18.1. The molecular weight excluding hydrogens is 448 g/mol. The van der Waals surface area contributed by atoms with Gasteiger partial charge in [-0.3, -0.25) is 0 Å². The number of nitrogens with zero attached hydrogens (tertiary/aromatic N) is 2. The largest absolute Gasteiger partial charge is 0.236 e. The molecule has 1 aromatic carbocycles. The molecule has 1 heterocycles. The number of benzene rings is 1. The van der Waals surface area contributed by atoms with Crippen LogP contribution in [0, 0.1) is 5.92 Å². The first kappa shape index (κ1) is 31.5. The molecule has 0 amide bonds. The molecular formula is C35H58N2. The van der Waals surface area contributed by atoms with Gasteiger partial charge in [-0.15, -0.1) is 0 Å². The summed E-state index contributed by atoms with van der Waals surface area (Å²) in [5.74, 6) is 1.71. The van der Waals surface area contributed by atoms with Crippen molar-refractivity contribution in [1.29, 1.82) is 0 Å². The maximum Gasteiger partial charge on any atom is 0.159 e. The molecule has 0 aliphatic rings. The molecule has 0 N–H and O–H groups in total. The third kappa shape index (κ3) is 16.0. The predicted octanol–water partition coefficient (Wildman–Crippen LogP) is 11.3. The molecule has 2 nitrogen and oxygen atoms in total. The minimum Gasteiger partial charge on any atom is -0.236 e. The molecule has 0 aliphatic heterocycles. The zero-order valence-electron chi connectivity index (χ0n) is 24.8. The second-order valence-corrected chi connectivity index (χ2v) is 11.8. The number of aryl methyl sites for hydroxylation is 2. The molecule has 2 heteroatoms. The highest BCUT2D eigenvalue weighted by atomic mass is 14.9. The maximum absolute atomic E-state index is 4.66. The SMILES string of the molecule is CCCCCCCCCCCCCCc1cnc(-c2ccc(CCCCCCCCC(C)C)cc2)nc1. The van der Waals surface area contributed by atoms with Crippen molar-refractivity contribution in [2.45, 2.75) is 156 Å². The zero-order chi connectivity index (χ0) is 26.4. The second-order valence-electron chi connectivity index (χ2n) is 11.8. The lowest BCUT2D eigenvalue weighted by Crippen LogP contribution is -1.94. The Morgan fingerprint density at radius 3 is 1.43 bits per heavy atom. The molecule has 208 valence electrons. The summed E-state index contributed by atoms with van der Waals surface area (Å²) in [4.78, 5) is 9.33. The minimum atomic E-state index is 0.853. The van der Waals surface area contributed by atoms with Crippen LogP contribution in [-0.4, -0.2) is 9.97 Å². The molecule has 0 saturated carbocycles. The van der Waals surface area contributed by atoms with Crippen LogP contribution in [0.4, 0.5) is 0 Å². The topological polar surface area (TPSA) is 25.8 Å². The summed E-state index contributed by atoms with van der Waals surface area (Å²) in [6, 6.07) is 8.92. The number of rotatable bonds is 23. The molecule has 37 heavy (non-hydrogen) atoms. The van der Waals surface area contributed by atoms with E-state index in [4.69, 9.17) is 0 Å². The lowest BCUT2D eigenvalue weighted by atomic mass is 10.0. The van der Waals surface area contributed by atoms with Gasteiger partial charge in [0, 0.05) is 18.0 Å². The van der Waals surface area contributed by atoms with E-state index in [2.05, 4.69) is 55.0 Å². The fourth-order valence-corrected chi connectivity index (χ4v) is 5.21. The van der Waals surface area contributed by atoms with Crippen LogP contribution in [0.1, 0.15) is 154 Å². The predicted molar refractivity (Wildman–Crippen MR) is 163 cm³/mol. The molecule has 2 aromatic rings. The van der Waals surface area contributed by atoms with E-state index in [1.54, 1.807) is 0 Å². The lowest BCUT2D eigenvalue weighted by Gasteiger charge is -2.06. The normalized spacial score (nSPS) is 11.5. The molecule has 0 fully saturated rings. The average Bonchev–Trinajstić information content (AvgIpc) is 2.91. The Morgan fingerprint density at radius 2 is 0.946 bits per heavy atom. The van der Waals surface area contributed by atoms with Crippen molar-refractivity contribution in [3.05, 3.63) is 47.8 Å². The van der Waals surface area contributed by atoms with E-state index in [9.17, 15) is 0 Å². The van der Waals surface area contributed by atoms with Gasteiger partial charge in [-0.25, -0.2) is 9.97 Å². The van der Waals surface area contributed by atoms with Crippen LogP contribution >= 0.6 is 0 Å². The summed E-state index contributed by atoms with van der Waals surface area (Å²) < 4.78 is 0. The molecule has 0 bridgehead atoms. The van der Waals surface area contributed by atoms with Crippen LogP contribution in [0.25, 0.3) is 11.4 Å². The van der Waals surface area contributed by atoms with Crippen LogP contribution in [0.15, 0.2) is 36.7 Å². The first-order valence-corrected chi connectivity index (χ1v) is 16.1. The van der Waals surface area contributed by atoms with Gasteiger partial charge in [-0.1, -0.05) is 154 Å². The van der Waals surface area contributed by atoms with Crippen LogP contribution in [0.3, 0.4) is 0 Å². The molecule has 0 saturated heterocycles. The summed E-state index contributed by atoms with van der Waals surface area (Å²) in [6.07, 6.45) is 32.8. The summed E-state index contributed by atoms with van der Waals surface area (Å²) >= 11 is 0. The number of unbranched alkanes of at least 4 members (excludes halogenated alkanes) is 16. The number of hydrogen-bond acceptors (Lipinski definition) is 2. The second kappa shape index (κ2) is 21.3. The van der Waals surface area contributed by atoms with Crippen LogP contribution in [-0.2, 0) is 12.8 Å². The van der Waals surface area contributed by atoms with E-state index in [1.165, 1.54) is 140 Å². The highest BCUT2D eigenvalue weighted by Crippen LogP contribution is 2.19. The van der Waals surface area contributed by atoms with Crippen LogP contribution < -0.4 is 0 Å². The zero-order valence-corrected chi connectivity index (χ0v) is 24.8. The maximum atomic E-state index is 4.66. The van der Waals surface area contributed by atoms with Crippen molar-refractivity contribution in [3.8, 4) is 11.4 Å². The van der Waals surface area contributed by atoms with Gasteiger partial charge in [0.05, 0.1) is 0 Å². The Bertz CT molecular complexity index is 763. The molecule has 0 atom stereocenters. The standard InChI is InChI=1S/C35H58N2/c1-4-5-6-7-8-9-10-11-12-13-18-21-24-33-29-36-35(37-30-33)34-27-25-32(26-28-34)23-20-17-15-14-16-19-22-31(2)3/h25-31H,4-24H2,1-3H3. The Morgan fingerprint density at radius 1 is 0.514 bits per heavy atom. The average molecular weight is 507 g/mol. The van der Waals surface area contributed by atoms with E-state index in [0.29, 0.717) is 0 Å². The van der Waals surface area contributed by atoms with Gasteiger partial charge in [0.2, 0.25) is 0 Å². The van der Waals surface area contributed by atoms with Crippen LogP contribution in [0.2, 0.25) is 0 Å². The summed E-state index contributed by atoms with van der Waals surface area (Å²) in [5, 5.41) is 0. The van der Waals surface area contributed by atoms with Gasteiger partial charge in [-0.2, -0.15) is 0 Å². The summed E-state index contributed by atoms with van der Waals surface area (Å²) in [5.41, 5.74) is 3.84. The molecule has 2 rings (SSSR count). The van der Waals surface area contributed by atoms with Crippen molar-refractivity contribution >= 4 is 0 Å². The quantitative estimate of drug-likeness (QED) is 0.140. The highest BCUT2D eigenvalue weighted by molar-refractivity contribution is 5.55. The van der Waals surface area contributed by atoms with Gasteiger partial charge < -0.3 is 0 Å². The summed E-state index contributed by atoms with van der Waals surface area (Å²) in [6.45, 7) is 6.95. The molecule has 1 aromatic heterocycles. The van der Waals surface area contributed by atoms with Crippen molar-refractivity contribution in [3.63, 3.8) is 0 Å². The van der Waals surface area contributed by atoms with Crippen LogP contribution in [0.5, 0.6) is 0 Å². The fraction of sp³-hybridized carbons (Fsp3) is 0.714. The third-order valence-electron chi connectivity index (χ3n) is 7.73. The minimum absolute atomic E-state index is 0.853. The molecule has 0 aliphatic carbocycles. The van der Waals surface area contributed by atoms with Gasteiger partial charge >= 0.3 is 0 Å². The fourth-order valence-electron chi connectivity index (χ4n) is 5.21. The van der Waals surface area contributed by atoms with E-state index >= 15 is 0 Å².